The lowest BCUT2D eigenvalue weighted by Crippen LogP contribution is -2.46. The van der Waals surface area contributed by atoms with Crippen molar-refractivity contribution in [2.45, 2.75) is 27.3 Å². The quantitative estimate of drug-likeness (QED) is 0.677. The first-order valence-corrected chi connectivity index (χ1v) is 10.8. The van der Waals surface area contributed by atoms with Gasteiger partial charge in [0.05, 0.1) is 19.8 Å². The van der Waals surface area contributed by atoms with E-state index < -0.39 is 0 Å². The van der Waals surface area contributed by atoms with E-state index in [9.17, 15) is 4.79 Å². The van der Waals surface area contributed by atoms with Crippen molar-refractivity contribution in [3.8, 4) is 0 Å². The lowest BCUT2D eigenvalue weighted by molar-refractivity contribution is 0.0357. The second-order valence-corrected chi connectivity index (χ2v) is 8.56. The number of H-pyrrole nitrogens is 1. The van der Waals surface area contributed by atoms with Gasteiger partial charge in [0.2, 0.25) is 0 Å². The molecule has 158 valence electrons. The van der Waals surface area contributed by atoms with E-state index in [-0.39, 0.29) is 5.56 Å². The van der Waals surface area contributed by atoms with Crippen LogP contribution in [0.1, 0.15) is 25.0 Å². The summed E-state index contributed by atoms with van der Waals surface area (Å²) in [7, 11) is 0. The molecule has 0 atom stereocenters. The van der Waals surface area contributed by atoms with E-state index in [2.05, 4.69) is 46.9 Å². The molecule has 2 heterocycles. The first-order chi connectivity index (χ1) is 13.9. The van der Waals surface area contributed by atoms with Crippen LogP contribution in [0.25, 0.3) is 10.9 Å². The van der Waals surface area contributed by atoms with Crippen LogP contribution in [-0.2, 0) is 11.3 Å². The molecule has 2 N–H and O–H groups in total. The van der Waals surface area contributed by atoms with E-state index in [1.54, 1.807) is 0 Å². The van der Waals surface area contributed by atoms with Crippen molar-refractivity contribution < 1.29 is 4.74 Å². The highest BCUT2D eigenvalue weighted by molar-refractivity contribution is 7.80. The molecule has 6 nitrogen and oxygen atoms in total. The van der Waals surface area contributed by atoms with Crippen molar-refractivity contribution in [1.82, 2.24) is 20.1 Å². The minimum absolute atomic E-state index is 0.0515. The number of benzene rings is 1. The first kappa shape index (κ1) is 21.7. The number of morpholine rings is 1. The van der Waals surface area contributed by atoms with E-state index in [0.29, 0.717) is 17.6 Å². The molecule has 0 amide bonds. The van der Waals surface area contributed by atoms with Crippen molar-refractivity contribution in [3.63, 3.8) is 0 Å². The summed E-state index contributed by atoms with van der Waals surface area (Å²) in [4.78, 5) is 20.2. The van der Waals surface area contributed by atoms with Gasteiger partial charge in [-0.15, -0.1) is 0 Å². The van der Waals surface area contributed by atoms with Gasteiger partial charge in [0.25, 0.3) is 5.56 Å². The average Bonchev–Trinajstić information content (AvgIpc) is 2.70. The summed E-state index contributed by atoms with van der Waals surface area (Å²) >= 11 is 5.68. The van der Waals surface area contributed by atoms with Gasteiger partial charge in [-0.1, -0.05) is 25.5 Å². The minimum atomic E-state index is -0.0515. The van der Waals surface area contributed by atoms with Crippen molar-refractivity contribution in [1.29, 1.82) is 0 Å². The summed E-state index contributed by atoms with van der Waals surface area (Å²) in [6.45, 7) is 12.8. The predicted molar refractivity (Wildman–Crippen MR) is 122 cm³/mol. The summed E-state index contributed by atoms with van der Waals surface area (Å²) in [6, 6.07) is 8.06. The lowest BCUT2D eigenvalue weighted by atomic mass is 10.1. The molecule has 1 saturated heterocycles. The SMILES string of the molecule is Cc1ccc2[nH]c(=O)c(CN(CCN3CCOCC3)C(=S)NCC(C)C)cc2c1. The fourth-order valence-electron chi connectivity index (χ4n) is 3.44. The third-order valence-electron chi connectivity index (χ3n) is 5.18. The predicted octanol–water partition coefficient (Wildman–Crippen LogP) is 2.50. The van der Waals surface area contributed by atoms with Gasteiger partial charge in [-0.05, 0) is 48.6 Å². The Morgan fingerprint density at radius 2 is 2.07 bits per heavy atom. The fraction of sp³-hybridized carbons (Fsp3) is 0.545. The number of pyridine rings is 1. The molecule has 29 heavy (non-hydrogen) atoms. The zero-order valence-electron chi connectivity index (χ0n) is 17.7. The number of fused-ring (bicyclic) bond motifs is 1. The molecule has 1 aliphatic rings. The van der Waals surface area contributed by atoms with Crippen molar-refractivity contribution in [3.05, 3.63) is 45.7 Å². The molecule has 0 saturated carbocycles. The standard InChI is InChI=1S/C22H32N4O2S/c1-16(2)14-23-22(29)26(7-6-25-8-10-28-11-9-25)15-19-13-18-12-17(3)4-5-20(18)24-21(19)27/h4-5,12-13,16H,6-11,14-15H2,1-3H3,(H,23,29)(H,24,27). The molecule has 1 fully saturated rings. The second kappa shape index (κ2) is 10.2. The Kier molecular flexibility index (Phi) is 7.64. The smallest absolute Gasteiger partial charge is 0.253 e. The van der Waals surface area contributed by atoms with Crippen LogP contribution in [0.15, 0.2) is 29.1 Å². The number of hydrogen-bond acceptors (Lipinski definition) is 4. The van der Waals surface area contributed by atoms with Gasteiger partial charge < -0.3 is 19.9 Å². The Labute approximate surface area is 178 Å². The molecule has 3 rings (SSSR count). The molecule has 0 aliphatic carbocycles. The maximum absolute atomic E-state index is 12.7. The van der Waals surface area contributed by atoms with E-state index in [1.165, 1.54) is 5.56 Å². The Morgan fingerprint density at radius 3 is 2.79 bits per heavy atom. The Bertz CT molecular complexity index is 890. The molecular weight excluding hydrogens is 384 g/mol. The first-order valence-electron chi connectivity index (χ1n) is 10.4. The summed E-state index contributed by atoms with van der Waals surface area (Å²) in [6.07, 6.45) is 0. The fourth-order valence-corrected chi connectivity index (χ4v) is 3.68. The highest BCUT2D eigenvalue weighted by atomic mass is 32.1. The number of nitrogens with one attached hydrogen (secondary N) is 2. The third kappa shape index (κ3) is 6.26. The number of nitrogens with zero attached hydrogens (tertiary/aromatic N) is 2. The van der Waals surface area contributed by atoms with Crippen LogP contribution in [0.2, 0.25) is 0 Å². The number of hydrogen-bond donors (Lipinski definition) is 2. The van der Waals surface area contributed by atoms with Crippen molar-refractivity contribution in [2.24, 2.45) is 5.92 Å². The molecule has 1 aliphatic heterocycles. The number of aromatic nitrogens is 1. The summed E-state index contributed by atoms with van der Waals surface area (Å²) in [5, 5.41) is 5.11. The highest BCUT2D eigenvalue weighted by Gasteiger charge is 2.17. The monoisotopic (exact) mass is 416 g/mol. The molecule has 0 radical (unpaired) electrons. The van der Waals surface area contributed by atoms with Gasteiger partial charge >= 0.3 is 0 Å². The summed E-state index contributed by atoms with van der Waals surface area (Å²) < 4.78 is 5.44. The van der Waals surface area contributed by atoms with Gasteiger partial charge in [-0.25, -0.2) is 0 Å². The maximum Gasteiger partial charge on any atom is 0.253 e. The van der Waals surface area contributed by atoms with Crippen LogP contribution >= 0.6 is 12.2 Å². The Hall–Kier alpha value is -1.96. The van der Waals surface area contributed by atoms with E-state index >= 15 is 0 Å². The van der Waals surface area contributed by atoms with Gasteiger partial charge in [0.15, 0.2) is 5.11 Å². The van der Waals surface area contributed by atoms with E-state index in [0.717, 1.165) is 62.4 Å². The normalized spacial score (nSPS) is 15.0. The topological polar surface area (TPSA) is 60.6 Å². The van der Waals surface area contributed by atoms with Gasteiger partial charge in [0, 0.05) is 43.8 Å². The summed E-state index contributed by atoms with van der Waals surface area (Å²) in [5.74, 6) is 0.501. The molecule has 0 spiro atoms. The number of rotatable bonds is 7. The molecule has 0 unspecified atom stereocenters. The van der Waals surface area contributed by atoms with Crippen molar-refractivity contribution in [2.75, 3.05) is 45.9 Å². The zero-order chi connectivity index (χ0) is 20.8. The van der Waals surface area contributed by atoms with Crippen LogP contribution in [0.5, 0.6) is 0 Å². The van der Waals surface area contributed by atoms with E-state index in [1.807, 2.05) is 18.2 Å². The largest absolute Gasteiger partial charge is 0.379 e. The number of ether oxygens (including phenoxy) is 1. The van der Waals surface area contributed by atoms with Crippen LogP contribution in [0.4, 0.5) is 0 Å². The van der Waals surface area contributed by atoms with Crippen LogP contribution in [0, 0.1) is 12.8 Å². The second-order valence-electron chi connectivity index (χ2n) is 8.17. The Balaban J connectivity index is 1.77. The van der Waals surface area contributed by atoms with Crippen LogP contribution in [0.3, 0.4) is 0 Å². The minimum Gasteiger partial charge on any atom is -0.379 e. The molecular formula is C22H32N4O2S. The number of aromatic amines is 1. The third-order valence-corrected chi connectivity index (χ3v) is 5.58. The highest BCUT2D eigenvalue weighted by Crippen LogP contribution is 2.14. The van der Waals surface area contributed by atoms with Crippen LogP contribution in [-0.4, -0.2) is 65.8 Å². The van der Waals surface area contributed by atoms with Gasteiger partial charge in [-0.2, -0.15) is 0 Å². The zero-order valence-corrected chi connectivity index (χ0v) is 18.5. The van der Waals surface area contributed by atoms with Crippen molar-refractivity contribution >= 4 is 28.2 Å². The molecule has 2 aromatic rings. The molecule has 1 aromatic heterocycles. The number of aryl methyl sites for hydroxylation is 1. The van der Waals surface area contributed by atoms with Gasteiger partial charge in [0.1, 0.15) is 0 Å². The summed E-state index contributed by atoms with van der Waals surface area (Å²) in [5.41, 5.74) is 2.72. The van der Waals surface area contributed by atoms with Crippen LogP contribution < -0.4 is 10.9 Å². The lowest BCUT2D eigenvalue weighted by Gasteiger charge is -2.31. The molecule has 1 aromatic carbocycles. The van der Waals surface area contributed by atoms with Gasteiger partial charge in [-0.3, -0.25) is 9.69 Å². The van der Waals surface area contributed by atoms with E-state index in [4.69, 9.17) is 17.0 Å². The molecule has 0 bridgehead atoms. The maximum atomic E-state index is 12.7. The average molecular weight is 417 g/mol. The number of thiocarbonyl (C=S) groups is 1. The Morgan fingerprint density at radius 1 is 1.31 bits per heavy atom. The molecule has 7 heteroatoms.